The van der Waals surface area contributed by atoms with Crippen molar-refractivity contribution in [1.29, 1.82) is 0 Å². The maximum Gasteiger partial charge on any atom is 0.165 e. The van der Waals surface area contributed by atoms with Crippen molar-refractivity contribution in [3.63, 3.8) is 0 Å². The molecule has 0 amide bonds. The first kappa shape index (κ1) is 10.0. The summed E-state index contributed by atoms with van der Waals surface area (Å²) in [6.07, 6.45) is 0. The summed E-state index contributed by atoms with van der Waals surface area (Å²) < 4.78 is 18.5. The summed E-state index contributed by atoms with van der Waals surface area (Å²) in [5, 5.41) is 0. The molecule has 72 valence electrons. The van der Waals surface area contributed by atoms with Gasteiger partial charge in [-0.25, -0.2) is 4.39 Å². The highest BCUT2D eigenvalue weighted by molar-refractivity contribution is 5.28. The lowest BCUT2D eigenvalue weighted by Crippen LogP contribution is -2.05. The summed E-state index contributed by atoms with van der Waals surface area (Å²) in [7, 11) is 0. The van der Waals surface area contributed by atoms with Crippen molar-refractivity contribution in [2.45, 2.75) is 20.8 Å². The van der Waals surface area contributed by atoms with E-state index in [1.165, 1.54) is 6.07 Å². The highest BCUT2D eigenvalue weighted by Crippen LogP contribution is 2.18. The van der Waals surface area contributed by atoms with Crippen LogP contribution in [0.1, 0.15) is 19.4 Å². The minimum absolute atomic E-state index is 0.277. The molecule has 1 rings (SSSR count). The lowest BCUT2D eigenvalue weighted by Gasteiger charge is -2.09. The molecule has 0 spiro atoms. The van der Waals surface area contributed by atoms with Crippen LogP contribution in [-0.2, 0) is 0 Å². The Morgan fingerprint density at radius 3 is 2.62 bits per heavy atom. The minimum Gasteiger partial charge on any atom is -0.490 e. The monoisotopic (exact) mass is 182 g/mol. The van der Waals surface area contributed by atoms with Crippen molar-refractivity contribution in [3.05, 3.63) is 29.6 Å². The Morgan fingerprint density at radius 1 is 1.38 bits per heavy atom. The normalized spacial score (nSPS) is 10.5. The fourth-order valence-corrected chi connectivity index (χ4v) is 0.979. The van der Waals surface area contributed by atoms with Crippen LogP contribution in [0.2, 0.25) is 0 Å². The van der Waals surface area contributed by atoms with E-state index in [1.54, 1.807) is 6.07 Å². The summed E-state index contributed by atoms with van der Waals surface area (Å²) in [5.41, 5.74) is 0.911. The molecular formula is C11H15FO. The Labute approximate surface area is 78.5 Å². The van der Waals surface area contributed by atoms with Crippen molar-refractivity contribution in [2.24, 2.45) is 5.92 Å². The average molecular weight is 182 g/mol. The topological polar surface area (TPSA) is 9.23 Å². The van der Waals surface area contributed by atoms with Gasteiger partial charge in [0.2, 0.25) is 0 Å². The number of rotatable bonds is 3. The van der Waals surface area contributed by atoms with Gasteiger partial charge in [0.1, 0.15) is 0 Å². The van der Waals surface area contributed by atoms with E-state index >= 15 is 0 Å². The van der Waals surface area contributed by atoms with Crippen molar-refractivity contribution < 1.29 is 9.13 Å². The van der Waals surface area contributed by atoms with Crippen molar-refractivity contribution in [3.8, 4) is 5.75 Å². The third-order valence-electron chi connectivity index (χ3n) is 1.66. The first-order chi connectivity index (χ1) is 6.09. The van der Waals surface area contributed by atoms with Crippen LogP contribution < -0.4 is 4.74 Å². The van der Waals surface area contributed by atoms with E-state index in [2.05, 4.69) is 0 Å². The van der Waals surface area contributed by atoms with Crippen LogP contribution in [0.5, 0.6) is 5.75 Å². The van der Waals surface area contributed by atoms with E-state index in [9.17, 15) is 4.39 Å². The van der Waals surface area contributed by atoms with Crippen LogP contribution in [0.25, 0.3) is 0 Å². The van der Waals surface area contributed by atoms with E-state index in [-0.39, 0.29) is 5.82 Å². The molecule has 0 radical (unpaired) electrons. The Bertz CT molecular complexity index is 281. The molecule has 0 aliphatic heterocycles. The molecular weight excluding hydrogens is 167 g/mol. The first-order valence-electron chi connectivity index (χ1n) is 4.48. The second kappa shape index (κ2) is 4.26. The maximum atomic E-state index is 13.2. The number of aryl methyl sites for hydroxylation is 1. The Kier molecular flexibility index (Phi) is 3.29. The van der Waals surface area contributed by atoms with Crippen LogP contribution in [0.4, 0.5) is 4.39 Å². The van der Waals surface area contributed by atoms with Gasteiger partial charge in [-0.1, -0.05) is 19.9 Å². The van der Waals surface area contributed by atoms with Gasteiger partial charge in [0.05, 0.1) is 6.61 Å². The molecule has 0 bridgehead atoms. The zero-order valence-corrected chi connectivity index (χ0v) is 8.30. The van der Waals surface area contributed by atoms with E-state index in [0.29, 0.717) is 18.3 Å². The third-order valence-corrected chi connectivity index (χ3v) is 1.66. The molecule has 0 aliphatic carbocycles. The smallest absolute Gasteiger partial charge is 0.165 e. The van der Waals surface area contributed by atoms with Crippen LogP contribution in [0.3, 0.4) is 0 Å². The summed E-state index contributed by atoms with van der Waals surface area (Å²) in [5.74, 6) is 0.487. The SMILES string of the molecule is Cc1ccc(OCC(C)C)c(F)c1. The number of benzene rings is 1. The predicted octanol–water partition coefficient (Wildman–Crippen LogP) is 3.17. The summed E-state index contributed by atoms with van der Waals surface area (Å²) in [4.78, 5) is 0. The highest BCUT2D eigenvalue weighted by atomic mass is 19.1. The Hall–Kier alpha value is -1.05. The molecule has 0 saturated heterocycles. The van der Waals surface area contributed by atoms with E-state index in [0.717, 1.165) is 5.56 Å². The Morgan fingerprint density at radius 2 is 2.08 bits per heavy atom. The third kappa shape index (κ3) is 3.05. The molecule has 0 fully saturated rings. The summed E-state index contributed by atoms with van der Waals surface area (Å²) >= 11 is 0. The molecule has 0 heterocycles. The lowest BCUT2D eigenvalue weighted by molar-refractivity contribution is 0.259. The summed E-state index contributed by atoms with van der Waals surface area (Å²) in [6, 6.07) is 5.00. The van der Waals surface area contributed by atoms with Gasteiger partial charge in [0.25, 0.3) is 0 Å². The molecule has 2 heteroatoms. The Balaban J connectivity index is 2.67. The van der Waals surface area contributed by atoms with Crippen molar-refractivity contribution >= 4 is 0 Å². The van der Waals surface area contributed by atoms with Gasteiger partial charge >= 0.3 is 0 Å². The standard InChI is InChI=1S/C11H15FO/c1-8(2)7-13-11-5-4-9(3)6-10(11)12/h4-6,8H,7H2,1-3H3. The first-order valence-corrected chi connectivity index (χ1v) is 4.48. The molecule has 1 aromatic rings. The predicted molar refractivity (Wildman–Crippen MR) is 51.5 cm³/mol. The summed E-state index contributed by atoms with van der Waals surface area (Å²) in [6.45, 7) is 6.48. The molecule has 0 aromatic heterocycles. The maximum absolute atomic E-state index is 13.2. The van der Waals surface area contributed by atoms with Gasteiger partial charge in [0.15, 0.2) is 11.6 Å². The van der Waals surface area contributed by atoms with Gasteiger partial charge < -0.3 is 4.74 Å². The molecule has 0 N–H and O–H groups in total. The van der Waals surface area contributed by atoms with E-state index in [1.807, 2.05) is 26.8 Å². The molecule has 1 nitrogen and oxygen atoms in total. The van der Waals surface area contributed by atoms with Crippen molar-refractivity contribution in [2.75, 3.05) is 6.61 Å². The number of hydrogen-bond acceptors (Lipinski definition) is 1. The molecule has 0 unspecified atom stereocenters. The molecule has 0 saturated carbocycles. The fourth-order valence-electron chi connectivity index (χ4n) is 0.979. The molecule has 0 atom stereocenters. The molecule has 1 aromatic carbocycles. The zero-order valence-electron chi connectivity index (χ0n) is 8.30. The number of hydrogen-bond donors (Lipinski definition) is 0. The number of ether oxygens (including phenoxy) is 1. The molecule has 13 heavy (non-hydrogen) atoms. The van der Waals surface area contributed by atoms with Gasteiger partial charge in [0, 0.05) is 0 Å². The van der Waals surface area contributed by atoms with Gasteiger partial charge in [-0.2, -0.15) is 0 Å². The fraction of sp³-hybridized carbons (Fsp3) is 0.455. The minimum atomic E-state index is -0.277. The van der Waals surface area contributed by atoms with Gasteiger partial charge in [-0.05, 0) is 30.5 Å². The zero-order chi connectivity index (χ0) is 9.84. The second-order valence-electron chi connectivity index (χ2n) is 3.64. The largest absolute Gasteiger partial charge is 0.490 e. The average Bonchev–Trinajstić information content (AvgIpc) is 2.02. The number of halogens is 1. The van der Waals surface area contributed by atoms with Crippen LogP contribution in [-0.4, -0.2) is 6.61 Å². The van der Waals surface area contributed by atoms with E-state index < -0.39 is 0 Å². The van der Waals surface area contributed by atoms with Crippen LogP contribution >= 0.6 is 0 Å². The quantitative estimate of drug-likeness (QED) is 0.697. The van der Waals surface area contributed by atoms with Crippen LogP contribution in [0.15, 0.2) is 18.2 Å². The van der Waals surface area contributed by atoms with E-state index in [4.69, 9.17) is 4.74 Å². The second-order valence-corrected chi connectivity index (χ2v) is 3.64. The van der Waals surface area contributed by atoms with Crippen molar-refractivity contribution in [1.82, 2.24) is 0 Å². The van der Waals surface area contributed by atoms with Crippen LogP contribution in [0, 0.1) is 18.7 Å². The highest BCUT2D eigenvalue weighted by Gasteiger charge is 2.03. The van der Waals surface area contributed by atoms with Gasteiger partial charge in [-0.3, -0.25) is 0 Å². The van der Waals surface area contributed by atoms with Gasteiger partial charge in [-0.15, -0.1) is 0 Å². The molecule has 0 aliphatic rings. The lowest BCUT2D eigenvalue weighted by atomic mass is 10.2.